The molecule has 108 valence electrons. The van der Waals surface area contributed by atoms with Crippen LogP contribution in [0.15, 0.2) is 91.0 Å². The van der Waals surface area contributed by atoms with Gasteiger partial charge in [-0.05, 0) is 0 Å². The van der Waals surface area contributed by atoms with Crippen molar-refractivity contribution < 1.29 is 8.56 Å². The third-order valence-corrected chi connectivity index (χ3v) is 6.90. The van der Waals surface area contributed by atoms with E-state index in [1.807, 2.05) is 91.0 Å². The quantitative estimate of drug-likeness (QED) is 0.627. The fraction of sp³-hybridized carbons (Fsp3) is 0. The first kappa shape index (κ1) is 14.9. The zero-order chi connectivity index (χ0) is 15.0. The van der Waals surface area contributed by atoms with E-state index in [0.29, 0.717) is 0 Å². The van der Waals surface area contributed by atoms with Crippen molar-refractivity contribution in [2.24, 2.45) is 0 Å². The van der Waals surface area contributed by atoms with Crippen molar-refractivity contribution in [3.63, 3.8) is 0 Å². The maximum atomic E-state index is 5.99. The molecule has 0 aromatic heterocycles. The van der Waals surface area contributed by atoms with Crippen molar-refractivity contribution in [2.75, 3.05) is 0 Å². The second kappa shape index (κ2) is 7.80. The summed E-state index contributed by atoms with van der Waals surface area (Å²) in [6, 6.07) is 28.9. The van der Waals surface area contributed by atoms with Crippen LogP contribution < -0.4 is 8.56 Å². The van der Waals surface area contributed by atoms with Crippen LogP contribution in [0.5, 0.6) is 17.2 Å². The van der Waals surface area contributed by atoms with Crippen LogP contribution in [0.25, 0.3) is 0 Å². The Hall–Kier alpha value is -2.07. The molecule has 3 nitrogen and oxygen atoms in total. The molecule has 0 saturated heterocycles. The number of para-hydroxylation sites is 3. The molecular formula is C18H15InO3. The minimum absolute atomic E-state index is 0.773. The Bertz CT molecular complexity index is 576. The van der Waals surface area contributed by atoms with Gasteiger partial charge in [0.1, 0.15) is 0 Å². The van der Waals surface area contributed by atoms with Crippen molar-refractivity contribution >= 4 is 22.7 Å². The summed E-state index contributed by atoms with van der Waals surface area (Å²) >= 11 is -3.20. The van der Waals surface area contributed by atoms with Gasteiger partial charge in [0.2, 0.25) is 0 Å². The Kier molecular flexibility index (Phi) is 5.27. The van der Waals surface area contributed by atoms with Gasteiger partial charge in [-0.1, -0.05) is 0 Å². The predicted molar refractivity (Wildman–Crippen MR) is 87.0 cm³/mol. The van der Waals surface area contributed by atoms with E-state index in [0.717, 1.165) is 17.2 Å². The summed E-state index contributed by atoms with van der Waals surface area (Å²) in [4.78, 5) is 0. The van der Waals surface area contributed by atoms with Gasteiger partial charge in [0, 0.05) is 0 Å². The molecule has 22 heavy (non-hydrogen) atoms. The molecule has 0 unspecified atom stereocenters. The van der Waals surface area contributed by atoms with Crippen molar-refractivity contribution in [3.8, 4) is 17.2 Å². The molecule has 0 atom stereocenters. The summed E-state index contributed by atoms with van der Waals surface area (Å²) in [5.74, 6) is 2.32. The van der Waals surface area contributed by atoms with Gasteiger partial charge in [-0.15, -0.1) is 0 Å². The van der Waals surface area contributed by atoms with Crippen LogP contribution in [-0.2, 0) is 0 Å². The van der Waals surface area contributed by atoms with Crippen LogP contribution in [0.1, 0.15) is 0 Å². The van der Waals surface area contributed by atoms with Gasteiger partial charge in [-0.3, -0.25) is 0 Å². The molecule has 3 rings (SSSR count). The fourth-order valence-electron chi connectivity index (χ4n) is 1.90. The van der Waals surface area contributed by atoms with Gasteiger partial charge < -0.3 is 0 Å². The first-order valence-corrected chi connectivity index (χ1v) is 11.1. The topological polar surface area (TPSA) is 27.7 Å². The summed E-state index contributed by atoms with van der Waals surface area (Å²) in [6.45, 7) is 0. The van der Waals surface area contributed by atoms with Crippen LogP contribution in [0.2, 0.25) is 0 Å². The minimum atomic E-state index is -3.20. The number of hydrogen-bond acceptors (Lipinski definition) is 3. The predicted octanol–water partition coefficient (Wildman–Crippen LogP) is 4.21. The van der Waals surface area contributed by atoms with E-state index in [2.05, 4.69) is 0 Å². The summed E-state index contributed by atoms with van der Waals surface area (Å²) in [7, 11) is 0. The monoisotopic (exact) mass is 394 g/mol. The van der Waals surface area contributed by atoms with Gasteiger partial charge in [0.15, 0.2) is 0 Å². The van der Waals surface area contributed by atoms with Crippen molar-refractivity contribution in [1.29, 1.82) is 0 Å². The molecule has 4 heteroatoms. The molecule has 0 aliphatic rings. The van der Waals surface area contributed by atoms with Crippen LogP contribution in [0.4, 0.5) is 0 Å². The fourth-order valence-corrected chi connectivity index (χ4v) is 5.56. The van der Waals surface area contributed by atoms with E-state index in [9.17, 15) is 0 Å². The maximum absolute atomic E-state index is 5.99. The van der Waals surface area contributed by atoms with E-state index in [1.54, 1.807) is 0 Å². The van der Waals surface area contributed by atoms with Crippen LogP contribution in [0, 0.1) is 0 Å². The molecule has 0 N–H and O–H groups in total. The Labute approximate surface area is 139 Å². The van der Waals surface area contributed by atoms with E-state index < -0.39 is 22.7 Å². The van der Waals surface area contributed by atoms with Gasteiger partial charge in [-0.25, -0.2) is 0 Å². The molecule has 3 aromatic carbocycles. The molecule has 0 bridgehead atoms. The number of rotatable bonds is 6. The number of hydrogen-bond donors (Lipinski definition) is 0. The van der Waals surface area contributed by atoms with E-state index in [4.69, 9.17) is 8.56 Å². The van der Waals surface area contributed by atoms with Crippen molar-refractivity contribution in [2.45, 2.75) is 0 Å². The van der Waals surface area contributed by atoms with Crippen LogP contribution in [-0.4, -0.2) is 22.7 Å². The standard InChI is InChI=1S/3C6H6O.In/c3*7-6-4-2-1-3-5-6;/h3*1-5,7H;/q;;;+3/p-3. The van der Waals surface area contributed by atoms with Crippen LogP contribution >= 0.6 is 0 Å². The molecule has 0 radical (unpaired) electrons. The van der Waals surface area contributed by atoms with E-state index in [1.165, 1.54) is 0 Å². The van der Waals surface area contributed by atoms with E-state index >= 15 is 0 Å². The second-order valence-corrected chi connectivity index (χ2v) is 8.25. The molecule has 0 fully saturated rings. The average molecular weight is 394 g/mol. The molecule has 3 aromatic rings. The molecule has 0 amide bonds. The zero-order valence-corrected chi connectivity index (χ0v) is 15.3. The first-order chi connectivity index (χ1) is 10.9. The van der Waals surface area contributed by atoms with Gasteiger partial charge >= 0.3 is 140 Å². The normalized spacial score (nSPS) is 9.82. The zero-order valence-electron chi connectivity index (χ0n) is 12.0. The third kappa shape index (κ3) is 4.46. The molecule has 0 heterocycles. The molecule has 0 spiro atoms. The Morgan fingerprint density at radius 1 is 0.409 bits per heavy atom. The van der Waals surface area contributed by atoms with Crippen LogP contribution in [0.3, 0.4) is 0 Å². The first-order valence-electron chi connectivity index (χ1n) is 7.05. The second-order valence-electron chi connectivity index (χ2n) is 4.58. The number of benzene rings is 3. The molecule has 0 aliphatic heterocycles. The summed E-state index contributed by atoms with van der Waals surface area (Å²) in [5.41, 5.74) is 0. The molecule has 0 saturated carbocycles. The Balaban J connectivity index is 1.75. The summed E-state index contributed by atoms with van der Waals surface area (Å²) in [5, 5.41) is 0. The SMILES string of the molecule is c1ccc([O][In]([O]c2ccccc2)[O]c2ccccc2)cc1. The van der Waals surface area contributed by atoms with Crippen molar-refractivity contribution in [1.82, 2.24) is 0 Å². The van der Waals surface area contributed by atoms with E-state index in [-0.39, 0.29) is 0 Å². The summed E-state index contributed by atoms with van der Waals surface area (Å²) in [6.07, 6.45) is 0. The molecular weight excluding hydrogens is 379 g/mol. The molecule has 0 aliphatic carbocycles. The van der Waals surface area contributed by atoms with Gasteiger partial charge in [0.05, 0.1) is 0 Å². The van der Waals surface area contributed by atoms with Gasteiger partial charge in [0.25, 0.3) is 0 Å². The Morgan fingerprint density at radius 3 is 0.955 bits per heavy atom. The van der Waals surface area contributed by atoms with Gasteiger partial charge in [-0.2, -0.15) is 0 Å². The third-order valence-electron chi connectivity index (χ3n) is 2.93. The van der Waals surface area contributed by atoms with Crippen molar-refractivity contribution in [3.05, 3.63) is 91.0 Å². The average Bonchev–Trinajstić information content (AvgIpc) is 2.57. The summed E-state index contributed by atoms with van der Waals surface area (Å²) < 4.78 is 18.0. The Morgan fingerprint density at radius 2 is 0.682 bits per heavy atom.